The fraction of sp³-hybridized carbons (Fsp3) is 0.474. The third-order valence-electron chi connectivity index (χ3n) is 3.98. The van der Waals surface area contributed by atoms with Crippen molar-refractivity contribution in [1.82, 2.24) is 15.1 Å². The lowest BCUT2D eigenvalue weighted by atomic mass is 10.1. The SMILES string of the molecule is CCc1c(C(=O)NCC(O)c2ccc(C)cc2)cnn1CC(C)C. The monoisotopic (exact) mass is 329 g/mol. The molecule has 0 aliphatic heterocycles. The molecule has 24 heavy (non-hydrogen) atoms. The predicted octanol–water partition coefficient (Wildman–Crippen LogP) is 2.87. The topological polar surface area (TPSA) is 67.2 Å². The van der Waals surface area contributed by atoms with Crippen LogP contribution in [0.25, 0.3) is 0 Å². The molecule has 5 nitrogen and oxygen atoms in total. The van der Waals surface area contributed by atoms with E-state index in [2.05, 4.69) is 24.3 Å². The van der Waals surface area contributed by atoms with Gasteiger partial charge in [0, 0.05) is 13.1 Å². The summed E-state index contributed by atoms with van der Waals surface area (Å²) >= 11 is 0. The summed E-state index contributed by atoms with van der Waals surface area (Å²) in [6.07, 6.45) is 1.65. The van der Waals surface area contributed by atoms with E-state index in [0.29, 0.717) is 11.5 Å². The van der Waals surface area contributed by atoms with Crippen LogP contribution in [0, 0.1) is 12.8 Å². The van der Waals surface area contributed by atoms with Crippen LogP contribution in [0.3, 0.4) is 0 Å². The first-order chi connectivity index (χ1) is 11.4. The Labute approximate surface area is 143 Å². The van der Waals surface area contributed by atoms with Crippen LogP contribution < -0.4 is 5.32 Å². The van der Waals surface area contributed by atoms with Crippen molar-refractivity contribution in [2.45, 2.75) is 46.8 Å². The number of hydrogen-bond donors (Lipinski definition) is 2. The van der Waals surface area contributed by atoms with Gasteiger partial charge >= 0.3 is 0 Å². The van der Waals surface area contributed by atoms with Crippen LogP contribution in [-0.4, -0.2) is 27.3 Å². The van der Waals surface area contributed by atoms with Crippen molar-refractivity contribution in [3.8, 4) is 0 Å². The number of carbonyl (C=O) groups is 1. The molecule has 1 amide bonds. The molecule has 0 radical (unpaired) electrons. The summed E-state index contributed by atoms with van der Waals surface area (Å²) in [6, 6.07) is 7.66. The molecule has 0 fully saturated rings. The molecule has 130 valence electrons. The number of rotatable bonds is 7. The average molecular weight is 329 g/mol. The van der Waals surface area contributed by atoms with Crippen LogP contribution in [0.2, 0.25) is 0 Å². The molecular formula is C19H27N3O2. The maximum atomic E-state index is 12.4. The van der Waals surface area contributed by atoms with E-state index in [4.69, 9.17) is 0 Å². The smallest absolute Gasteiger partial charge is 0.254 e. The second kappa shape index (κ2) is 8.11. The highest BCUT2D eigenvalue weighted by atomic mass is 16.3. The minimum atomic E-state index is -0.717. The van der Waals surface area contributed by atoms with Crippen LogP contribution in [0.5, 0.6) is 0 Å². The molecule has 0 aliphatic carbocycles. The minimum absolute atomic E-state index is 0.181. The number of amides is 1. The summed E-state index contributed by atoms with van der Waals surface area (Å²) in [4.78, 5) is 12.4. The molecule has 0 aliphatic rings. The fourth-order valence-corrected chi connectivity index (χ4v) is 2.67. The van der Waals surface area contributed by atoms with Crippen molar-refractivity contribution in [3.63, 3.8) is 0 Å². The van der Waals surface area contributed by atoms with Gasteiger partial charge in [-0.15, -0.1) is 0 Å². The number of nitrogens with one attached hydrogen (secondary N) is 1. The lowest BCUT2D eigenvalue weighted by molar-refractivity contribution is 0.0915. The van der Waals surface area contributed by atoms with Gasteiger partial charge in [-0.1, -0.05) is 50.6 Å². The molecule has 0 bridgehead atoms. The van der Waals surface area contributed by atoms with Crippen molar-refractivity contribution in [2.75, 3.05) is 6.54 Å². The number of nitrogens with zero attached hydrogens (tertiary/aromatic N) is 2. The maximum absolute atomic E-state index is 12.4. The summed E-state index contributed by atoms with van der Waals surface area (Å²) in [6.45, 7) is 9.24. The highest BCUT2D eigenvalue weighted by molar-refractivity contribution is 5.95. The molecule has 0 spiro atoms. The van der Waals surface area contributed by atoms with Gasteiger partial charge in [0.05, 0.1) is 23.6 Å². The van der Waals surface area contributed by atoms with E-state index in [9.17, 15) is 9.90 Å². The van der Waals surface area contributed by atoms with Crippen LogP contribution in [0.1, 0.15) is 54.1 Å². The Morgan fingerprint density at radius 3 is 2.54 bits per heavy atom. The zero-order valence-electron chi connectivity index (χ0n) is 14.9. The highest BCUT2D eigenvalue weighted by Crippen LogP contribution is 2.15. The van der Waals surface area contributed by atoms with Gasteiger partial charge in [-0.25, -0.2) is 0 Å². The number of aromatic nitrogens is 2. The number of aliphatic hydroxyl groups excluding tert-OH is 1. The van der Waals surface area contributed by atoms with Crippen LogP contribution in [0.4, 0.5) is 0 Å². The van der Waals surface area contributed by atoms with E-state index in [0.717, 1.165) is 29.8 Å². The highest BCUT2D eigenvalue weighted by Gasteiger charge is 2.18. The second-order valence-electron chi connectivity index (χ2n) is 6.57. The van der Waals surface area contributed by atoms with Crippen molar-refractivity contribution in [2.24, 2.45) is 5.92 Å². The maximum Gasteiger partial charge on any atom is 0.254 e. The van der Waals surface area contributed by atoms with E-state index in [1.807, 2.05) is 42.8 Å². The van der Waals surface area contributed by atoms with E-state index < -0.39 is 6.10 Å². The van der Waals surface area contributed by atoms with Gasteiger partial charge < -0.3 is 10.4 Å². The lowest BCUT2D eigenvalue weighted by Gasteiger charge is -2.13. The van der Waals surface area contributed by atoms with Gasteiger partial charge in [-0.3, -0.25) is 9.48 Å². The molecule has 1 unspecified atom stereocenters. The van der Waals surface area contributed by atoms with Crippen molar-refractivity contribution >= 4 is 5.91 Å². The minimum Gasteiger partial charge on any atom is -0.387 e. The summed E-state index contributed by atoms with van der Waals surface area (Å²) < 4.78 is 1.90. The Morgan fingerprint density at radius 2 is 1.96 bits per heavy atom. The zero-order chi connectivity index (χ0) is 17.7. The van der Waals surface area contributed by atoms with E-state index >= 15 is 0 Å². The first kappa shape index (κ1) is 18.2. The van der Waals surface area contributed by atoms with Crippen molar-refractivity contribution < 1.29 is 9.90 Å². The quantitative estimate of drug-likeness (QED) is 0.821. The third kappa shape index (κ3) is 4.45. The molecule has 2 N–H and O–H groups in total. The van der Waals surface area contributed by atoms with Crippen molar-refractivity contribution in [3.05, 3.63) is 52.8 Å². The van der Waals surface area contributed by atoms with Crippen LogP contribution in [-0.2, 0) is 13.0 Å². The predicted molar refractivity (Wildman–Crippen MR) is 94.9 cm³/mol. The molecular weight excluding hydrogens is 302 g/mol. The summed E-state index contributed by atoms with van der Waals surface area (Å²) in [5, 5.41) is 17.4. The van der Waals surface area contributed by atoms with Crippen LogP contribution >= 0.6 is 0 Å². The largest absolute Gasteiger partial charge is 0.387 e. The first-order valence-electron chi connectivity index (χ1n) is 8.49. The third-order valence-corrected chi connectivity index (χ3v) is 3.98. The molecule has 1 aromatic carbocycles. The van der Waals surface area contributed by atoms with Gasteiger partial charge in [0.25, 0.3) is 5.91 Å². The molecule has 1 aromatic heterocycles. The van der Waals surface area contributed by atoms with Crippen molar-refractivity contribution in [1.29, 1.82) is 0 Å². The Balaban J connectivity index is 2.02. The summed E-state index contributed by atoms with van der Waals surface area (Å²) in [7, 11) is 0. The second-order valence-corrected chi connectivity index (χ2v) is 6.57. The van der Waals surface area contributed by atoms with Gasteiger partial charge in [0.2, 0.25) is 0 Å². The Hall–Kier alpha value is -2.14. The Bertz CT molecular complexity index is 674. The molecule has 1 atom stereocenters. The van der Waals surface area contributed by atoms with Gasteiger partial charge in [0.1, 0.15) is 0 Å². The standard InChI is InChI=1S/C19H27N3O2/c1-5-17-16(10-21-22(17)12-13(2)3)19(24)20-11-18(23)15-8-6-14(4)7-9-15/h6-10,13,18,23H,5,11-12H2,1-4H3,(H,20,24). The Morgan fingerprint density at radius 1 is 1.29 bits per heavy atom. The molecule has 2 rings (SSSR count). The molecule has 2 aromatic rings. The summed E-state index contributed by atoms with van der Waals surface area (Å²) in [5.41, 5.74) is 3.47. The number of carbonyl (C=O) groups excluding carboxylic acids is 1. The number of aliphatic hydroxyl groups is 1. The number of hydrogen-bond acceptors (Lipinski definition) is 3. The fourth-order valence-electron chi connectivity index (χ4n) is 2.67. The first-order valence-corrected chi connectivity index (χ1v) is 8.49. The van der Waals surface area contributed by atoms with Gasteiger partial charge in [-0.05, 0) is 24.8 Å². The normalized spacial score (nSPS) is 12.4. The average Bonchev–Trinajstić information content (AvgIpc) is 2.94. The number of aryl methyl sites for hydroxylation is 1. The zero-order valence-corrected chi connectivity index (χ0v) is 14.9. The summed E-state index contributed by atoms with van der Waals surface area (Å²) in [5.74, 6) is 0.280. The van der Waals surface area contributed by atoms with E-state index in [1.165, 1.54) is 0 Å². The number of benzene rings is 1. The molecule has 5 heteroatoms. The molecule has 0 saturated heterocycles. The van der Waals surface area contributed by atoms with Crippen LogP contribution in [0.15, 0.2) is 30.5 Å². The van der Waals surface area contributed by atoms with E-state index in [-0.39, 0.29) is 12.5 Å². The molecule has 1 heterocycles. The van der Waals surface area contributed by atoms with E-state index in [1.54, 1.807) is 6.20 Å². The van der Waals surface area contributed by atoms with Gasteiger partial charge in [0.15, 0.2) is 0 Å². The van der Waals surface area contributed by atoms with Gasteiger partial charge in [-0.2, -0.15) is 5.10 Å². The Kier molecular flexibility index (Phi) is 6.15. The lowest BCUT2D eigenvalue weighted by Crippen LogP contribution is -2.29. The molecule has 0 saturated carbocycles.